The lowest BCUT2D eigenvalue weighted by Gasteiger charge is -2.20. The summed E-state index contributed by atoms with van der Waals surface area (Å²) >= 11 is 0. The van der Waals surface area contributed by atoms with Crippen molar-refractivity contribution in [2.24, 2.45) is 0 Å². The van der Waals surface area contributed by atoms with Gasteiger partial charge < -0.3 is 10.0 Å². The van der Waals surface area contributed by atoms with E-state index in [2.05, 4.69) is 9.97 Å². The molecule has 1 aliphatic carbocycles. The number of hydrogen-bond donors (Lipinski definition) is 1. The summed E-state index contributed by atoms with van der Waals surface area (Å²) in [6.45, 7) is 0.485. The number of rotatable bonds is 3. The average molecular weight is 261 g/mol. The highest BCUT2D eigenvalue weighted by molar-refractivity contribution is 5.95. The Bertz CT molecular complexity index is 528. The van der Waals surface area contributed by atoms with Gasteiger partial charge in [-0.25, -0.2) is 14.8 Å². The fourth-order valence-corrected chi connectivity index (χ4v) is 2.44. The highest BCUT2D eigenvalue weighted by atomic mass is 16.4. The Hall–Kier alpha value is -1.98. The summed E-state index contributed by atoms with van der Waals surface area (Å²) in [5.74, 6) is -0.157. The summed E-state index contributed by atoms with van der Waals surface area (Å²) in [7, 11) is 0. The SMILES string of the molecule is O=C(O)[C@@H]1CCCN1C(=O)c1ccnc(C2CC2)n1. The molecule has 19 heavy (non-hydrogen) atoms. The summed E-state index contributed by atoms with van der Waals surface area (Å²) < 4.78 is 0. The van der Waals surface area contributed by atoms with Gasteiger partial charge in [0.15, 0.2) is 0 Å². The highest BCUT2D eigenvalue weighted by Crippen LogP contribution is 2.37. The molecule has 1 saturated heterocycles. The maximum Gasteiger partial charge on any atom is 0.326 e. The number of carbonyl (C=O) groups excluding carboxylic acids is 1. The van der Waals surface area contributed by atoms with Gasteiger partial charge in [0.05, 0.1) is 0 Å². The first-order valence-electron chi connectivity index (χ1n) is 6.53. The molecule has 1 N–H and O–H groups in total. The Morgan fingerprint density at radius 1 is 1.32 bits per heavy atom. The molecule has 1 atom stereocenters. The zero-order valence-corrected chi connectivity index (χ0v) is 10.5. The van der Waals surface area contributed by atoms with E-state index < -0.39 is 12.0 Å². The predicted molar refractivity (Wildman–Crippen MR) is 65.7 cm³/mol. The first-order valence-corrected chi connectivity index (χ1v) is 6.53. The lowest BCUT2D eigenvalue weighted by Crippen LogP contribution is -2.40. The van der Waals surface area contributed by atoms with E-state index in [1.165, 1.54) is 4.90 Å². The Balaban J connectivity index is 1.82. The van der Waals surface area contributed by atoms with Crippen LogP contribution in [0.2, 0.25) is 0 Å². The minimum Gasteiger partial charge on any atom is -0.480 e. The van der Waals surface area contributed by atoms with E-state index in [-0.39, 0.29) is 5.91 Å². The van der Waals surface area contributed by atoms with Gasteiger partial charge in [-0.2, -0.15) is 0 Å². The van der Waals surface area contributed by atoms with Crippen LogP contribution in [0.4, 0.5) is 0 Å². The molecule has 6 heteroatoms. The Kier molecular flexibility index (Phi) is 2.93. The third-order valence-corrected chi connectivity index (χ3v) is 3.63. The summed E-state index contributed by atoms with van der Waals surface area (Å²) in [6.07, 6.45) is 4.96. The molecule has 0 spiro atoms. The van der Waals surface area contributed by atoms with Crippen molar-refractivity contribution < 1.29 is 14.7 Å². The van der Waals surface area contributed by atoms with Gasteiger partial charge in [-0.1, -0.05) is 0 Å². The summed E-state index contributed by atoms with van der Waals surface area (Å²) in [6, 6.07) is 0.845. The van der Waals surface area contributed by atoms with Crippen molar-refractivity contribution in [1.29, 1.82) is 0 Å². The number of likely N-dealkylation sites (tertiary alicyclic amines) is 1. The van der Waals surface area contributed by atoms with Gasteiger partial charge >= 0.3 is 5.97 Å². The topological polar surface area (TPSA) is 83.4 Å². The van der Waals surface area contributed by atoms with Crippen molar-refractivity contribution in [1.82, 2.24) is 14.9 Å². The van der Waals surface area contributed by atoms with Crippen LogP contribution in [0, 0.1) is 0 Å². The number of nitrogens with zero attached hydrogens (tertiary/aromatic N) is 3. The van der Waals surface area contributed by atoms with Crippen LogP contribution in [0.3, 0.4) is 0 Å². The molecule has 1 amide bonds. The zero-order valence-electron chi connectivity index (χ0n) is 10.5. The minimum absolute atomic E-state index is 0.297. The van der Waals surface area contributed by atoms with Crippen molar-refractivity contribution in [3.8, 4) is 0 Å². The quantitative estimate of drug-likeness (QED) is 0.879. The number of carboxylic acids is 1. The van der Waals surface area contributed by atoms with Crippen LogP contribution in [0.15, 0.2) is 12.3 Å². The second-order valence-corrected chi connectivity index (χ2v) is 5.07. The molecule has 1 saturated carbocycles. The maximum absolute atomic E-state index is 12.3. The first-order chi connectivity index (χ1) is 9.16. The largest absolute Gasteiger partial charge is 0.480 e. The molecule has 0 bridgehead atoms. The average Bonchev–Trinajstić information content (AvgIpc) is 3.15. The maximum atomic E-state index is 12.3. The molecule has 2 aliphatic rings. The summed E-state index contributed by atoms with van der Waals surface area (Å²) in [4.78, 5) is 33.3. The van der Waals surface area contributed by atoms with E-state index in [1.807, 2.05) is 0 Å². The van der Waals surface area contributed by atoms with Crippen LogP contribution in [0.1, 0.15) is 47.9 Å². The second kappa shape index (κ2) is 4.60. The third-order valence-electron chi connectivity index (χ3n) is 3.63. The van der Waals surface area contributed by atoms with E-state index in [4.69, 9.17) is 5.11 Å². The number of carbonyl (C=O) groups is 2. The molecule has 1 aliphatic heterocycles. The number of aromatic nitrogens is 2. The molecule has 100 valence electrons. The molecular formula is C13H15N3O3. The molecular weight excluding hydrogens is 246 g/mol. The van der Waals surface area contributed by atoms with Crippen LogP contribution in [0.25, 0.3) is 0 Å². The van der Waals surface area contributed by atoms with Gasteiger partial charge in [-0.3, -0.25) is 4.79 Å². The molecule has 2 fully saturated rings. The fraction of sp³-hybridized carbons (Fsp3) is 0.538. The van der Waals surface area contributed by atoms with E-state index in [9.17, 15) is 9.59 Å². The van der Waals surface area contributed by atoms with Crippen molar-refractivity contribution in [2.75, 3.05) is 6.54 Å². The van der Waals surface area contributed by atoms with Crippen molar-refractivity contribution >= 4 is 11.9 Å². The number of carboxylic acid groups (broad SMARTS) is 1. The molecule has 2 heterocycles. The summed E-state index contributed by atoms with van der Waals surface area (Å²) in [5, 5.41) is 9.11. The van der Waals surface area contributed by atoms with E-state index in [0.717, 1.165) is 19.3 Å². The van der Waals surface area contributed by atoms with Gasteiger partial charge in [-0.05, 0) is 31.7 Å². The van der Waals surface area contributed by atoms with Crippen molar-refractivity contribution in [3.63, 3.8) is 0 Å². The minimum atomic E-state index is -0.942. The molecule has 0 aromatic carbocycles. The Labute approximate surface area is 110 Å². The van der Waals surface area contributed by atoms with Crippen LogP contribution >= 0.6 is 0 Å². The zero-order chi connectivity index (χ0) is 13.4. The van der Waals surface area contributed by atoms with E-state index in [0.29, 0.717) is 30.4 Å². The third kappa shape index (κ3) is 2.30. The second-order valence-electron chi connectivity index (χ2n) is 5.07. The molecule has 3 rings (SSSR count). The van der Waals surface area contributed by atoms with Crippen molar-refractivity contribution in [3.05, 3.63) is 23.8 Å². The van der Waals surface area contributed by atoms with Gasteiger partial charge in [0.2, 0.25) is 0 Å². The molecule has 1 aromatic rings. The van der Waals surface area contributed by atoms with Gasteiger partial charge in [0, 0.05) is 18.7 Å². The number of aliphatic carboxylic acids is 1. The van der Waals surface area contributed by atoms with Gasteiger partial charge in [0.1, 0.15) is 17.6 Å². The fourth-order valence-electron chi connectivity index (χ4n) is 2.44. The van der Waals surface area contributed by atoms with E-state index in [1.54, 1.807) is 12.3 Å². The van der Waals surface area contributed by atoms with Crippen LogP contribution in [-0.2, 0) is 4.79 Å². The summed E-state index contributed by atoms with van der Waals surface area (Å²) in [5.41, 5.74) is 0.310. The monoisotopic (exact) mass is 261 g/mol. The lowest BCUT2D eigenvalue weighted by molar-refractivity contribution is -0.141. The van der Waals surface area contributed by atoms with Gasteiger partial charge in [0.25, 0.3) is 5.91 Å². The number of amides is 1. The predicted octanol–water partition coefficient (Wildman–Crippen LogP) is 1.04. The van der Waals surface area contributed by atoms with Crippen LogP contribution in [-0.4, -0.2) is 44.4 Å². The Morgan fingerprint density at radius 3 is 2.79 bits per heavy atom. The smallest absolute Gasteiger partial charge is 0.326 e. The Morgan fingerprint density at radius 2 is 2.11 bits per heavy atom. The highest BCUT2D eigenvalue weighted by Gasteiger charge is 2.35. The molecule has 0 radical (unpaired) electrons. The standard InChI is InChI=1S/C13H15N3O3/c17-12(16-7-1-2-10(16)13(18)19)9-5-6-14-11(15-9)8-3-4-8/h5-6,8,10H,1-4,7H2,(H,18,19)/t10-/m0/s1. The van der Waals surface area contributed by atoms with E-state index >= 15 is 0 Å². The first kappa shape index (κ1) is 12.1. The molecule has 0 unspecified atom stereocenters. The molecule has 6 nitrogen and oxygen atoms in total. The van der Waals surface area contributed by atoms with Crippen LogP contribution in [0.5, 0.6) is 0 Å². The molecule has 1 aromatic heterocycles. The van der Waals surface area contributed by atoms with Gasteiger partial charge in [-0.15, -0.1) is 0 Å². The normalized spacial score (nSPS) is 22.5. The lowest BCUT2D eigenvalue weighted by atomic mass is 10.2. The number of hydrogen-bond acceptors (Lipinski definition) is 4. The van der Waals surface area contributed by atoms with Crippen LogP contribution < -0.4 is 0 Å². The van der Waals surface area contributed by atoms with Crippen molar-refractivity contribution in [2.45, 2.75) is 37.6 Å².